The molecule has 2 amide bonds. The number of hydrogen-bond acceptors (Lipinski definition) is 5. The Morgan fingerprint density at radius 2 is 1.87 bits per heavy atom. The van der Waals surface area contributed by atoms with Gasteiger partial charge in [-0.2, -0.15) is 0 Å². The minimum atomic E-state index is -3.80. The van der Waals surface area contributed by atoms with Crippen LogP contribution in [0.15, 0.2) is 53.4 Å². The van der Waals surface area contributed by atoms with E-state index in [9.17, 15) is 22.4 Å². The van der Waals surface area contributed by atoms with Crippen LogP contribution in [0.25, 0.3) is 0 Å². The average Bonchev–Trinajstić information content (AvgIpc) is 3.13. The fraction of sp³-hybridized carbons (Fsp3) is 0.300. The Morgan fingerprint density at radius 3 is 2.57 bits per heavy atom. The molecule has 3 rings (SSSR count). The van der Waals surface area contributed by atoms with Gasteiger partial charge >= 0.3 is 0 Å². The Labute approximate surface area is 174 Å². The van der Waals surface area contributed by atoms with Crippen molar-refractivity contribution in [2.75, 3.05) is 31.6 Å². The van der Waals surface area contributed by atoms with Gasteiger partial charge in [-0.15, -0.1) is 0 Å². The van der Waals surface area contributed by atoms with Gasteiger partial charge in [0.05, 0.1) is 23.6 Å². The van der Waals surface area contributed by atoms with Crippen LogP contribution >= 0.6 is 0 Å². The third kappa shape index (κ3) is 4.95. The van der Waals surface area contributed by atoms with Crippen molar-refractivity contribution in [1.82, 2.24) is 10.0 Å². The second kappa shape index (κ2) is 9.23. The molecule has 2 N–H and O–H groups in total. The zero-order chi connectivity index (χ0) is 21.7. The zero-order valence-electron chi connectivity index (χ0n) is 16.3. The summed E-state index contributed by atoms with van der Waals surface area (Å²) in [4.78, 5) is 26.2. The van der Waals surface area contributed by atoms with E-state index in [1.54, 1.807) is 24.3 Å². The molecular weight excluding hydrogens is 413 g/mol. The number of sulfonamides is 1. The first kappa shape index (κ1) is 21.7. The van der Waals surface area contributed by atoms with Crippen LogP contribution < -0.4 is 19.7 Å². The summed E-state index contributed by atoms with van der Waals surface area (Å²) in [5, 5.41) is 2.64. The Morgan fingerprint density at radius 1 is 1.17 bits per heavy atom. The molecule has 2 aromatic rings. The van der Waals surface area contributed by atoms with Gasteiger partial charge in [0, 0.05) is 26.1 Å². The van der Waals surface area contributed by atoms with Gasteiger partial charge in [-0.05, 0) is 36.4 Å². The monoisotopic (exact) mass is 435 g/mol. The summed E-state index contributed by atoms with van der Waals surface area (Å²) in [5.41, 5.74) is 0.604. The van der Waals surface area contributed by atoms with E-state index in [0.717, 1.165) is 24.3 Å². The smallest absolute Gasteiger partial charge is 0.240 e. The van der Waals surface area contributed by atoms with Gasteiger partial charge in [0.1, 0.15) is 11.6 Å². The Kier molecular flexibility index (Phi) is 6.68. The topological polar surface area (TPSA) is 105 Å². The maximum Gasteiger partial charge on any atom is 0.240 e. The molecule has 1 fully saturated rings. The number of carbonyl (C=O) groups excluding carboxylic acids is 2. The van der Waals surface area contributed by atoms with Crippen molar-refractivity contribution in [3.05, 3.63) is 54.3 Å². The van der Waals surface area contributed by atoms with Crippen LogP contribution in [-0.2, 0) is 19.6 Å². The highest BCUT2D eigenvalue weighted by atomic mass is 32.2. The summed E-state index contributed by atoms with van der Waals surface area (Å²) in [6, 6.07) is 11.5. The number of rotatable bonds is 8. The van der Waals surface area contributed by atoms with Crippen molar-refractivity contribution in [3.63, 3.8) is 0 Å². The summed E-state index contributed by atoms with van der Waals surface area (Å²) in [7, 11) is -2.29. The fourth-order valence-electron chi connectivity index (χ4n) is 3.18. The predicted octanol–water partition coefficient (Wildman–Crippen LogP) is 1.28. The normalized spacial score (nSPS) is 16.5. The van der Waals surface area contributed by atoms with Crippen LogP contribution in [0.1, 0.15) is 6.42 Å². The summed E-state index contributed by atoms with van der Waals surface area (Å²) < 4.78 is 44.8. The molecular formula is C20H22FN3O5S. The molecule has 0 unspecified atom stereocenters. The highest BCUT2D eigenvalue weighted by Gasteiger charge is 2.36. The summed E-state index contributed by atoms with van der Waals surface area (Å²) >= 11 is 0. The first-order chi connectivity index (χ1) is 14.3. The molecule has 0 spiro atoms. The van der Waals surface area contributed by atoms with E-state index in [2.05, 4.69) is 10.0 Å². The van der Waals surface area contributed by atoms with Crippen molar-refractivity contribution in [1.29, 1.82) is 0 Å². The highest BCUT2D eigenvalue weighted by molar-refractivity contribution is 7.89. The molecule has 0 bridgehead atoms. The zero-order valence-corrected chi connectivity index (χ0v) is 17.1. The number of halogens is 1. The van der Waals surface area contributed by atoms with E-state index in [4.69, 9.17) is 4.74 Å². The second-order valence-corrected chi connectivity index (χ2v) is 8.49. The van der Waals surface area contributed by atoms with E-state index < -0.39 is 21.8 Å². The van der Waals surface area contributed by atoms with Gasteiger partial charge < -0.3 is 15.0 Å². The van der Waals surface area contributed by atoms with Crippen molar-refractivity contribution >= 4 is 27.5 Å². The number of nitrogens with one attached hydrogen (secondary N) is 2. The summed E-state index contributed by atoms with van der Waals surface area (Å²) in [6.45, 7) is 0.229. The molecule has 0 radical (unpaired) electrons. The Balaban J connectivity index is 1.51. The molecule has 1 aliphatic heterocycles. The largest absolute Gasteiger partial charge is 0.495 e. The average molecular weight is 435 g/mol. The van der Waals surface area contributed by atoms with Gasteiger partial charge in [-0.1, -0.05) is 12.1 Å². The minimum absolute atomic E-state index is 0.0393. The van der Waals surface area contributed by atoms with E-state index >= 15 is 0 Å². The van der Waals surface area contributed by atoms with Crippen LogP contribution in [-0.4, -0.2) is 47.0 Å². The molecule has 0 aliphatic carbocycles. The molecule has 1 aliphatic rings. The van der Waals surface area contributed by atoms with Gasteiger partial charge in [0.25, 0.3) is 0 Å². The molecule has 160 valence electrons. The SMILES string of the molecule is COc1ccccc1N1C[C@H](C(=O)NCCNS(=O)(=O)c2ccc(F)cc2)CC1=O. The van der Waals surface area contributed by atoms with Crippen molar-refractivity contribution in [2.24, 2.45) is 5.92 Å². The first-order valence-electron chi connectivity index (χ1n) is 9.28. The number of methoxy groups -OCH3 is 1. The van der Waals surface area contributed by atoms with Crippen molar-refractivity contribution in [2.45, 2.75) is 11.3 Å². The van der Waals surface area contributed by atoms with Gasteiger partial charge in [0.15, 0.2) is 0 Å². The summed E-state index contributed by atoms with van der Waals surface area (Å²) in [5.74, 6) is -1.05. The number of para-hydroxylation sites is 2. The standard InChI is InChI=1S/C20H22FN3O5S/c1-29-18-5-3-2-4-17(18)24-13-14(12-19(24)25)20(26)22-10-11-23-30(27,28)16-8-6-15(21)7-9-16/h2-9,14,23H,10-13H2,1H3,(H,22,26)/t14-/m1/s1. The predicted molar refractivity (Wildman–Crippen MR) is 108 cm³/mol. The fourth-order valence-corrected chi connectivity index (χ4v) is 4.21. The molecule has 0 aromatic heterocycles. The second-order valence-electron chi connectivity index (χ2n) is 6.72. The number of hydrogen-bond donors (Lipinski definition) is 2. The number of carbonyl (C=O) groups is 2. The number of anilines is 1. The van der Waals surface area contributed by atoms with Crippen LogP contribution in [0.5, 0.6) is 5.75 Å². The lowest BCUT2D eigenvalue weighted by Crippen LogP contribution is -2.38. The lowest BCUT2D eigenvalue weighted by atomic mass is 10.1. The molecule has 30 heavy (non-hydrogen) atoms. The number of ether oxygens (including phenoxy) is 1. The van der Waals surface area contributed by atoms with Crippen LogP contribution in [0, 0.1) is 11.7 Å². The maximum atomic E-state index is 12.9. The van der Waals surface area contributed by atoms with E-state index in [0.29, 0.717) is 11.4 Å². The van der Waals surface area contributed by atoms with Gasteiger partial charge in [-0.25, -0.2) is 17.5 Å². The van der Waals surface area contributed by atoms with E-state index in [1.807, 2.05) is 0 Å². The van der Waals surface area contributed by atoms with Crippen molar-refractivity contribution < 1.29 is 27.1 Å². The Hall–Kier alpha value is -2.98. The molecule has 1 saturated heterocycles. The van der Waals surface area contributed by atoms with Crippen LogP contribution in [0.4, 0.5) is 10.1 Å². The molecule has 8 nitrogen and oxygen atoms in total. The Bertz CT molecular complexity index is 1030. The third-order valence-electron chi connectivity index (χ3n) is 4.71. The lowest BCUT2D eigenvalue weighted by Gasteiger charge is -2.19. The quantitative estimate of drug-likeness (QED) is 0.608. The van der Waals surface area contributed by atoms with E-state index in [-0.39, 0.29) is 42.8 Å². The van der Waals surface area contributed by atoms with Gasteiger partial charge in [0.2, 0.25) is 21.8 Å². The van der Waals surface area contributed by atoms with Crippen LogP contribution in [0.3, 0.4) is 0 Å². The minimum Gasteiger partial charge on any atom is -0.495 e. The molecule has 10 heteroatoms. The van der Waals surface area contributed by atoms with Gasteiger partial charge in [-0.3, -0.25) is 9.59 Å². The number of amides is 2. The third-order valence-corrected chi connectivity index (χ3v) is 6.19. The molecule has 0 saturated carbocycles. The van der Waals surface area contributed by atoms with Crippen LogP contribution in [0.2, 0.25) is 0 Å². The highest BCUT2D eigenvalue weighted by Crippen LogP contribution is 2.32. The molecule has 2 aromatic carbocycles. The maximum absolute atomic E-state index is 12.9. The molecule has 1 heterocycles. The number of benzene rings is 2. The molecule has 1 atom stereocenters. The van der Waals surface area contributed by atoms with E-state index in [1.165, 1.54) is 12.0 Å². The summed E-state index contributed by atoms with van der Waals surface area (Å²) in [6.07, 6.45) is 0.0607. The number of nitrogens with zero attached hydrogens (tertiary/aromatic N) is 1. The lowest BCUT2D eigenvalue weighted by molar-refractivity contribution is -0.126. The van der Waals surface area contributed by atoms with Crippen molar-refractivity contribution in [3.8, 4) is 5.75 Å². The first-order valence-corrected chi connectivity index (χ1v) is 10.8.